The van der Waals surface area contributed by atoms with Crippen LogP contribution in [0, 0.1) is 6.92 Å². The fraction of sp³-hybridized carbons (Fsp3) is 0.375. The molecule has 1 aromatic heterocycles. The van der Waals surface area contributed by atoms with Crippen molar-refractivity contribution in [1.29, 1.82) is 0 Å². The number of hydrogen-bond donors (Lipinski definition) is 1. The second-order valence-corrected chi connectivity index (χ2v) is 5.09. The van der Waals surface area contributed by atoms with Crippen LogP contribution in [0.15, 0.2) is 42.6 Å². The minimum absolute atomic E-state index is 0.520. The molecule has 0 unspecified atom stereocenters. The first-order chi connectivity index (χ1) is 8.66. The molecule has 96 valence electrons. The Labute approximate surface area is 110 Å². The van der Waals surface area contributed by atoms with Crippen LogP contribution in [-0.4, -0.2) is 10.6 Å². The first-order valence-corrected chi connectivity index (χ1v) is 6.58. The van der Waals surface area contributed by atoms with Gasteiger partial charge < -0.3 is 9.88 Å². The van der Waals surface area contributed by atoms with Gasteiger partial charge in [-0.2, -0.15) is 0 Å². The van der Waals surface area contributed by atoms with Crippen molar-refractivity contribution in [3.05, 3.63) is 59.4 Å². The molecule has 0 aliphatic heterocycles. The Balaban J connectivity index is 2.10. The zero-order chi connectivity index (χ0) is 13.0. The van der Waals surface area contributed by atoms with Crippen molar-refractivity contribution < 1.29 is 0 Å². The van der Waals surface area contributed by atoms with Gasteiger partial charge in [0.05, 0.1) is 0 Å². The normalized spacial score (nSPS) is 11.1. The Morgan fingerprint density at radius 2 is 1.89 bits per heavy atom. The van der Waals surface area contributed by atoms with Crippen molar-refractivity contribution in [3.63, 3.8) is 0 Å². The van der Waals surface area contributed by atoms with E-state index in [4.69, 9.17) is 0 Å². The number of nitrogens with one attached hydrogen (secondary N) is 1. The van der Waals surface area contributed by atoms with Crippen molar-refractivity contribution in [3.8, 4) is 0 Å². The summed E-state index contributed by atoms with van der Waals surface area (Å²) >= 11 is 0. The Hall–Kier alpha value is -1.54. The third-order valence-corrected chi connectivity index (χ3v) is 3.22. The fourth-order valence-corrected chi connectivity index (χ4v) is 2.04. The lowest BCUT2D eigenvalue weighted by atomic mass is 10.1. The maximum atomic E-state index is 3.47. The van der Waals surface area contributed by atoms with Gasteiger partial charge in [-0.1, -0.05) is 38.1 Å². The van der Waals surface area contributed by atoms with Gasteiger partial charge in [0.2, 0.25) is 0 Å². The van der Waals surface area contributed by atoms with Gasteiger partial charge in [0.25, 0.3) is 0 Å². The van der Waals surface area contributed by atoms with E-state index in [1.54, 1.807) is 0 Å². The molecule has 0 aliphatic carbocycles. The van der Waals surface area contributed by atoms with Crippen LogP contribution in [0.1, 0.15) is 30.7 Å². The molecule has 0 aliphatic rings. The highest BCUT2D eigenvalue weighted by Crippen LogP contribution is 2.12. The summed E-state index contributed by atoms with van der Waals surface area (Å²) in [6, 6.07) is 13.4. The molecule has 2 rings (SSSR count). The molecular weight excluding hydrogens is 220 g/mol. The van der Waals surface area contributed by atoms with Gasteiger partial charge in [0, 0.05) is 31.0 Å². The maximum absolute atomic E-state index is 3.47. The Morgan fingerprint density at radius 3 is 2.61 bits per heavy atom. The summed E-state index contributed by atoms with van der Waals surface area (Å²) in [5, 5.41) is 3.47. The Bertz CT molecular complexity index is 497. The van der Waals surface area contributed by atoms with Crippen molar-refractivity contribution in [2.24, 2.45) is 0 Å². The van der Waals surface area contributed by atoms with E-state index in [1.165, 1.54) is 16.8 Å². The minimum atomic E-state index is 0.520. The molecule has 1 aromatic carbocycles. The van der Waals surface area contributed by atoms with Gasteiger partial charge in [-0.05, 0) is 30.2 Å². The van der Waals surface area contributed by atoms with E-state index in [-0.39, 0.29) is 0 Å². The summed E-state index contributed by atoms with van der Waals surface area (Å²) in [6.07, 6.45) is 2.16. The van der Waals surface area contributed by atoms with E-state index < -0.39 is 0 Å². The standard InChI is InChI=1S/C16H22N2/c1-13(2)17-11-16-9-6-10-18(16)12-15-8-5-4-7-14(15)3/h4-10,13,17H,11-12H2,1-3H3. The first-order valence-electron chi connectivity index (χ1n) is 6.58. The van der Waals surface area contributed by atoms with Crippen LogP contribution in [0.2, 0.25) is 0 Å². The quantitative estimate of drug-likeness (QED) is 0.851. The Kier molecular flexibility index (Phi) is 4.21. The summed E-state index contributed by atoms with van der Waals surface area (Å²) < 4.78 is 2.32. The number of aromatic nitrogens is 1. The topological polar surface area (TPSA) is 17.0 Å². The largest absolute Gasteiger partial charge is 0.346 e. The van der Waals surface area contributed by atoms with Gasteiger partial charge in [-0.15, -0.1) is 0 Å². The summed E-state index contributed by atoms with van der Waals surface area (Å²) in [6.45, 7) is 8.40. The SMILES string of the molecule is Cc1ccccc1Cn1cccc1CNC(C)C. The van der Waals surface area contributed by atoms with Gasteiger partial charge >= 0.3 is 0 Å². The summed E-state index contributed by atoms with van der Waals surface area (Å²) in [4.78, 5) is 0. The molecule has 0 amide bonds. The highest BCUT2D eigenvalue weighted by molar-refractivity contribution is 5.26. The summed E-state index contributed by atoms with van der Waals surface area (Å²) in [5.74, 6) is 0. The second kappa shape index (κ2) is 5.87. The highest BCUT2D eigenvalue weighted by atomic mass is 15.0. The molecular formula is C16H22N2. The first kappa shape index (κ1) is 12.9. The predicted molar refractivity (Wildman–Crippen MR) is 76.7 cm³/mol. The average Bonchev–Trinajstić information content (AvgIpc) is 2.77. The molecule has 2 nitrogen and oxygen atoms in total. The van der Waals surface area contributed by atoms with E-state index in [9.17, 15) is 0 Å². The fourth-order valence-electron chi connectivity index (χ4n) is 2.04. The van der Waals surface area contributed by atoms with Crippen LogP contribution in [0.4, 0.5) is 0 Å². The lowest BCUT2D eigenvalue weighted by Crippen LogP contribution is -2.23. The highest BCUT2D eigenvalue weighted by Gasteiger charge is 2.04. The number of aryl methyl sites for hydroxylation is 1. The van der Waals surface area contributed by atoms with Crippen LogP contribution < -0.4 is 5.32 Å². The van der Waals surface area contributed by atoms with Gasteiger partial charge in [0.15, 0.2) is 0 Å². The molecule has 0 saturated heterocycles. The van der Waals surface area contributed by atoms with Crippen LogP contribution in [0.3, 0.4) is 0 Å². The van der Waals surface area contributed by atoms with E-state index in [2.05, 4.69) is 73.3 Å². The molecule has 1 heterocycles. The van der Waals surface area contributed by atoms with Crippen molar-refractivity contribution in [1.82, 2.24) is 9.88 Å². The van der Waals surface area contributed by atoms with Crippen LogP contribution >= 0.6 is 0 Å². The van der Waals surface area contributed by atoms with E-state index in [0.29, 0.717) is 6.04 Å². The van der Waals surface area contributed by atoms with Crippen LogP contribution in [0.25, 0.3) is 0 Å². The van der Waals surface area contributed by atoms with E-state index in [0.717, 1.165) is 13.1 Å². The molecule has 1 N–H and O–H groups in total. The molecule has 2 heteroatoms. The van der Waals surface area contributed by atoms with Crippen LogP contribution in [-0.2, 0) is 13.1 Å². The average molecular weight is 242 g/mol. The summed E-state index contributed by atoms with van der Waals surface area (Å²) in [5.41, 5.74) is 4.08. The third-order valence-electron chi connectivity index (χ3n) is 3.22. The molecule has 0 bridgehead atoms. The molecule has 0 fully saturated rings. The monoisotopic (exact) mass is 242 g/mol. The molecule has 0 saturated carbocycles. The smallest absolute Gasteiger partial charge is 0.0476 e. The van der Waals surface area contributed by atoms with E-state index in [1.807, 2.05) is 0 Å². The van der Waals surface area contributed by atoms with E-state index >= 15 is 0 Å². The lowest BCUT2D eigenvalue weighted by Gasteiger charge is -2.13. The molecule has 0 spiro atoms. The zero-order valence-corrected chi connectivity index (χ0v) is 11.5. The number of nitrogens with zero attached hydrogens (tertiary/aromatic N) is 1. The number of rotatable bonds is 5. The molecule has 18 heavy (non-hydrogen) atoms. The summed E-state index contributed by atoms with van der Waals surface area (Å²) in [7, 11) is 0. The second-order valence-electron chi connectivity index (χ2n) is 5.09. The van der Waals surface area contributed by atoms with Crippen molar-refractivity contribution in [2.75, 3.05) is 0 Å². The van der Waals surface area contributed by atoms with Gasteiger partial charge in [-0.3, -0.25) is 0 Å². The van der Waals surface area contributed by atoms with Crippen LogP contribution in [0.5, 0.6) is 0 Å². The Morgan fingerprint density at radius 1 is 1.11 bits per heavy atom. The maximum Gasteiger partial charge on any atom is 0.0476 e. The number of benzene rings is 1. The minimum Gasteiger partial charge on any atom is -0.346 e. The third kappa shape index (κ3) is 3.23. The predicted octanol–water partition coefficient (Wildman–Crippen LogP) is 3.34. The lowest BCUT2D eigenvalue weighted by molar-refractivity contribution is 0.564. The van der Waals surface area contributed by atoms with Gasteiger partial charge in [-0.25, -0.2) is 0 Å². The number of hydrogen-bond acceptors (Lipinski definition) is 1. The molecule has 0 atom stereocenters. The zero-order valence-electron chi connectivity index (χ0n) is 11.5. The van der Waals surface area contributed by atoms with Crippen molar-refractivity contribution >= 4 is 0 Å². The van der Waals surface area contributed by atoms with Gasteiger partial charge in [0.1, 0.15) is 0 Å². The molecule has 0 radical (unpaired) electrons. The molecule has 2 aromatic rings. The van der Waals surface area contributed by atoms with Crippen molar-refractivity contribution in [2.45, 2.75) is 39.9 Å².